The normalized spacial score (nSPS) is 20.1. The molecule has 0 saturated carbocycles. The summed E-state index contributed by atoms with van der Waals surface area (Å²) in [6.07, 6.45) is 3.85. The molecule has 1 saturated heterocycles. The van der Waals surface area contributed by atoms with Gasteiger partial charge >= 0.3 is 0 Å². The van der Waals surface area contributed by atoms with E-state index in [0.717, 1.165) is 16.7 Å². The molecule has 0 spiro atoms. The molecule has 0 bridgehead atoms. The number of hydrogen-bond acceptors (Lipinski definition) is 3. The number of benzene rings is 2. The quantitative estimate of drug-likeness (QED) is 0.632. The second-order valence-electron chi connectivity index (χ2n) is 7.81. The van der Waals surface area contributed by atoms with Gasteiger partial charge < -0.3 is 9.80 Å². The minimum absolute atomic E-state index is 0.0761. The summed E-state index contributed by atoms with van der Waals surface area (Å²) in [5.41, 5.74) is 3.17. The Bertz CT molecular complexity index is 1140. The number of halogens is 1. The standard InChI is InChI=1S/C24H20ClN3O2/c1-16-2-4-17(5-3-16)22(29)27-12-13-28-23(30)21-10-11-26-15-18(21)14-24(27,28)19-6-8-20(25)9-7-19/h2-11,15H,12-14H2,1H3. The van der Waals surface area contributed by atoms with Crippen LogP contribution in [0.5, 0.6) is 0 Å². The molecule has 1 unspecified atom stereocenters. The zero-order valence-corrected chi connectivity index (χ0v) is 17.3. The third-order valence-corrected chi connectivity index (χ3v) is 6.36. The highest BCUT2D eigenvalue weighted by molar-refractivity contribution is 6.30. The number of carbonyl (C=O) groups excluding carboxylic acids is 2. The molecule has 2 aliphatic rings. The van der Waals surface area contributed by atoms with Crippen LogP contribution in [0.1, 0.15) is 37.4 Å². The van der Waals surface area contributed by atoms with E-state index in [0.29, 0.717) is 35.7 Å². The van der Waals surface area contributed by atoms with Crippen LogP contribution in [0, 0.1) is 6.92 Å². The lowest BCUT2D eigenvalue weighted by molar-refractivity contribution is 0.00766. The molecule has 150 valence electrons. The lowest BCUT2D eigenvalue weighted by Gasteiger charge is -2.47. The molecular formula is C24H20ClN3O2. The molecule has 1 atom stereocenters. The Balaban J connectivity index is 1.68. The molecule has 6 heteroatoms. The second-order valence-corrected chi connectivity index (χ2v) is 8.25. The van der Waals surface area contributed by atoms with Gasteiger partial charge in [0, 0.05) is 48.1 Å². The van der Waals surface area contributed by atoms with E-state index in [-0.39, 0.29) is 11.8 Å². The first kappa shape index (κ1) is 18.8. The zero-order valence-electron chi connectivity index (χ0n) is 16.5. The maximum absolute atomic E-state index is 13.6. The monoisotopic (exact) mass is 417 g/mol. The number of pyridine rings is 1. The van der Waals surface area contributed by atoms with Gasteiger partial charge in [0.25, 0.3) is 11.8 Å². The van der Waals surface area contributed by atoms with Crippen molar-refractivity contribution in [2.75, 3.05) is 13.1 Å². The molecule has 1 aromatic heterocycles. The average Bonchev–Trinajstić information content (AvgIpc) is 3.15. The van der Waals surface area contributed by atoms with Gasteiger partial charge in [0.05, 0.1) is 0 Å². The molecule has 1 fully saturated rings. The van der Waals surface area contributed by atoms with E-state index >= 15 is 0 Å². The molecule has 30 heavy (non-hydrogen) atoms. The predicted octanol–water partition coefficient (Wildman–Crippen LogP) is 4.05. The van der Waals surface area contributed by atoms with Crippen molar-refractivity contribution in [1.29, 1.82) is 0 Å². The Hall–Kier alpha value is -3.18. The van der Waals surface area contributed by atoms with Crippen LogP contribution < -0.4 is 0 Å². The Morgan fingerprint density at radius 1 is 1.03 bits per heavy atom. The van der Waals surface area contributed by atoms with Gasteiger partial charge in [-0.15, -0.1) is 0 Å². The summed E-state index contributed by atoms with van der Waals surface area (Å²) >= 11 is 6.14. The topological polar surface area (TPSA) is 53.5 Å². The number of rotatable bonds is 2. The van der Waals surface area contributed by atoms with Crippen molar-refractivity contribution < 1.29 is 9.59 Å². The van der Waals surface area contributed by atoms with Crippen molar-refractivity contribution in [2.45, 2.75) is 19.0 Å². The summed E-state index contributed by atoms with van der Waals surface area (Å²) in [4.78, 5) is 34.9. The predicted molar refractivity (Wildman–Crippen MR) is 114 cm³/mol. The lowest BCUT2D eigenvalue weighted by atomic mass is 9.84. The second kappa shape index (κ2) is 6.96. The van der Waals surface area contributed by atoms with Gasteiger partial charge in [-0.25, -0.2) is 0 Å². The van der Waals surface area contributed by atoms with Gasteiger partial charge in [-0.2, -0.15) is 0 Å². The van der Waals surface area contributed by atoms with Gasteiger partial charge in [-0.05, 0) is 48.4 Å². The number of fused-ring (bicyclic) bond motifs is 2. The molecule has 5 nitrogen and oxygen atoms in total. The minimum Gasteiger partial charge on any atom is -0.309 e. The van der Waals surface area contributed by atoms with E-state index in [1.165, 1.54) is 0 Å². The first-order chi connectivity index (χ1) is 14.5. The van der Waals surface area contributed by atoms with Crippen molar-refractivity contribution in [3.63, 3.8) is 0 Å². The smallest absolute Gasteiger partial charge is 0.256 e. The van der Waals surface area contributed by atoms with Crippen LogP contribution in [0.15, 0.2) is 67.0 Å². The van der Waals surface area contributed by atoms with E-state index in [1.807, 2.05) is 53.1 Å². The summed E-state index contributed by atoms with van der Waals surface area (Å²) in [5, 5.41) is 0.611. The van der Waals surface area contributed by atoms with Crippen LogP contribution >= 0.6 is 11.6 Å². The van der Waals surface area contributed by atoms with Gasteiger partial charge in [-0.3, -0.25) is 14.6 Å². The lowest BCUT2D eigenvalue weighted by Crippen LogP contribution is -2.58. The van der Waals surface area contributed by atoms with Crippen molar-refractivity contribution in [3.05, 3.63) is 99.8 Å². The molecule has 5 rings (SSSR count). The highest BCUT2D eigenvalue weighted by Crippen LogP contribution is 2.45. The van der Waals surface area contributed by atoms with E-state index in [9.17, 15) is 9.59 Å². The van der Waals surface area contributed by atoms with Crippen LogP contribution in [0.2, 0.25) is 5.02 Å². The van der Waals surface area contributed by atoms with Crippen molar-refractivity contribution in [2.24, 2.45) is 0 Å². The fourth-order valence-corrected chi connectivity index (χ4v) is 4.74. The number of aromatic nitrogens is 1. The van der Waals surface area contributed by atoms with Gasteiger partial charge in [0.2, 0.25) is 0 Å². The molecule has 0 aliphatic carbocycles. The minimum atomic E-state index is -0.903. The highest BCUT2D eigenvalue weighted by atomic mass is 35.5. The van der Waals surface area contributed by atoms with Gasteiger partial charge in [0.1, 0.15) is 5.66 Å². The SMILES string of the molecule is Cc1ccc(C(=O)N2CCN3C(=O)c4ccncc4CC23c2ccc(Cl)cc2)cc1. The van der Waals surface area contributed by atoms with Crippen molar-refractivity contribution in [3.8, 4) is 0 Å². The molecular weight excluding hydrogens is 398 g/mol. The van der Waals surface area contributed by atoms with Gasteiger partial charge in [-0.1, -0.05) is 41.4 Å². The number of nitrogens with zero attached hydrogens (tertiary/aromatic N) is 3. The Morgan fingerprint density at radius 3 is 2.50 bits per heavy atom. The number of amides is 2. The van der Waals surface area contributed by atoms with Crippen molar-refractivity contribution in [1.82, 2.24) is 14.8 Å². The van der Waals surface area contributed by atoms with Gasteiger partial charge in [0.15, 0.2) is 0 Å². The van der Waals surface area contributed by atoms with Crippen LogP contribution in [0.25, 0.3) is 0 Å². The van der Waals surface area contributed by atoms with Crippen molar-refractivity contribution >= 4 is 23.4 Å². The molecule has 3 aromatic rings. The molecule has 0 N–H and O–H groups in total. The summed E-state index contributed by atoms with van der Waals surface area (Å²) in [5.74, 6) is -0.166. The zero-order chi connectivity index (χ0) is 20.9. The summed E-state index contributed by atoms with van der Waals surface area (Å²) in [7, 11) is 0. The first-order valence-corrected chi connectivity index (χ1v) is 10.3. The largest absolute Gasteiger partial charge is 0.309 e. The maximum Gasteiger partial charge on any atom is 0.256 e. The fourth-order valence-electron chi connectivity index (χ4n) is 4.62. The molecule has 3 heterocycles. The maximum atomic E-state index is 13.6. The van der Waals surface area contributed by atoms with E-state index in [2.05, 4.69) is 4.98 Å². The number of aryl methyl sites for hydroxylation is 1. The summed E-state index contributed by atoms with van der Waals surface area (Å²) in [6.45, 7) is 2.92. The molecule has 0 radical (unpaired) electrons. The van der Waals surface area contributed by atoms with E-state index < -0.39 is 5.66 Å². The summed E-state index contributed by atoms with van der Waals surface area (Å²) in [6, 6.07) is 16.7. The molecule has 2 amide bonds. The Kier molecular flexibility index (Phi) is 4.36. The Labute approximate surface area is 179 Å². The third kappa shape index (κ3) is 2.73. The third-order valence-electron chi connectivity index (χ3n) is 6.11. The van der Waals surface area contributed by atoms with Crippen LogP contribution in [0.3, 0.4) is 0 Å². The van der Waals surface area contributed by atoms with Crippen LogP contribution in [0.4, 0.5) is 0 Å². The number of hydrogen-bond donors (Lipinski definition) is 0. The Morgan fingerprint density at radius 2 is 1.77 bits per heavy atom. The average molecular weight is 418 g/mol. The number of carbonyl (C=O) groups is 2. The fraction of sp³-hybridized carbons (Fsp3) is 0.208. The van der Waals surface area contributed by atoms with E-state index in [1.54, 1.807) is 30.6 Å². The first-order valence-electron chi connectivity index (χ1n) is 9.90. The van der Waals surface area contributed by atoms with E-state index in [4.69, 9.17) is 11.6 Å². The molecule has 2 aromatic carbocycles. The van der Waals surface area contributed by atoms with Crippen LogP contribution in [-0.2, 0) is 12.1 Å². The highest BCUT2D eigenvalue weighted by Gasteiger charge is 2.55. The van der Waals surface area contributed by atoms with Crippen LogP contribution in [-0.4, -0.2) is 39.7 Å². The summed E-state index contributed by atoms with van der Waals surface area (Å²) < 4.78 is 0. The molecule has 2 aliphatic heterocycles.